The zero-order chi connectivity index (χ0) is 21.3. The number of carbonyl (C=O) groups is 1. The summed E-state index contributed by atoms with van der Waals surface area (Å²) < 4.78 is 60.0. The molecule has 150 valence electrons. The van der Waals surface area contributed by atoms with Crippen molar-refractivity contribution in [3.63, 3.8) is 0 Å². The first-order chi connectivity index (χ1) is 13.7. The molecule has 7 nitrogen and oxygen atoms in total. The zero-order valence-corrected chi connectivity index (χ0v) is 14.6. The third-order valence-corrected chi connectivity index (χ3v) is 3.96. The molecule has 0 saturated heterocycles. The highest BCUT2D eigenvalue weighted by molar-refractivity contribution is 6.01. The largest absolute Gasteiger partial charge is 0.483 e. The molecule has 0 aliphatic rings. The van der Waals surface area contributed by atoms with Crippen molar-refractivity contribution in [3.05, 3.63) is 58.4 Å². The molecule has 0 radical (unpaired) electrons. The number of aromatic nitrogens is 3. The second-order valence-electron chi connectivity index (χ2n) is 5.72. The Bertz CT molecular complexity index is 1260. The number of benzene rings is 1. The first-order valence-electron chi connectivity index (χ1n) is 7.88. The number of rotatable bonds is 1. The van der Waals surface area contributed by atoms with Crippen molar-refractivity contribution in [2.45, 2.75) is 6.18 Å². The first-order valence-corrected chi connectivity index (χ1v) is 7.88. The maximum absolute atomic E-state index is 14.4. The van der Waals surface area contributed by atoms with E-state index in [-0.39, 0.29) is 28.7 Å². The number of aryl methyl sites for hydroxylation is 1. The van der Waals surface area contributed by atoms with Crippen LogP contribution in [-0.4, -0.2) is 26.1 Å². The molecule has 0 saturated carbocycles. The van der Waals surface area contributed by atoms with Gasteiger partial charge in [0.25, 0.3) is 6.47 Å². The van der Waals surface area contributed by atoms with E-state index in [2.05, 4.69) is 9.97 Å². The topological polar surface area (TPSA) is 98.2 Å². The second-order valence-corrected chi connectivity index (χ2v) is 5.72. The molecule has 3 heterocycles. The van der Waals surface area contributed by atoms with E-state index in [1.165, 1.54) is 6.20 Å². The molecule has 0 fully saturated rings. The van der Waals surface area contributed by atoms with Crippen LogP contribution in [0.15, 0.2) is 45.7 Å². The first kappa shape index (κ1) is 20.0. The smallest absolute Gasteiger partial charge is 0.449 e. The van der Waals surface area contributed by atoms with Gasteiger partial charge in [-0.3, -0.25) is 14.6 Å². The summed E-state index contributed by atoms with van der Waals surface area (Å²) in [5.74, 6) is -2.23. The molecular weight excluding hydrogens is 398 g/mol. The van der Waals surface area contributed by atoms with Crippen LogP contribution in [0, 0.1) is 5.82 Å². The molecular formula is C18H11F4N3O4. The maximum Gasteiger partial charge on any atom is 0.449 e. The molecule has 0 aliphatic carbocycles. The number of alkyl halides is 3. The van der Waals surface area contributed by atoms with Crippen molar-refractivity contribution < 1.29 is 31.9 Å². The molecule has 3 aromatic heterocycles. The van der Waals surface area contributed by atoms with E-state index in [0.29, 0.717) is 10.3 Å². The number of fused-ring (bicyclic) bond motifs is 3. The fourth-order valence-electron chi connectivity index (χ4n) is 2.83. The highest BCUT2D eigenvalue weighted by Crippen LogP contribution is 2.35. The number of hydrogen-bond acceptors (Lipinski definition) is 5. The molecule has 29 heavy (non-hydrogen) atoms. The van der Waals surface area contributed by atoms with Gasteiger partial charge in [0.05, 0.1) is 5.39 Å². The van der Waals surface area contributed by atoms with Crippen molar-refractivity contribution in [2.75, 3.05) is 0 Å². The minimum atomic E-state index is -4.79. The molecule has 1 aromatic carbocycles. The summed E-state index contributed by atoms with van der Waals surface area (Å²) in [6, 6.07) is 6.86. The van der Waals surface area contributed by atoms with Crippen molar-refractivity contribution in [2.24, 2.45) is 7.05 Å². The van der Waals surface area contributed by atoms with Crippen LogP contribution in [-0.2, 0) is 18.0 Å². The van der Waals surface area contributed by atoms with Crippen molar-refractivity contribution in [1.82, 2.24) is 14.5 Å². The number of pyridine rings is 1. The van der Waals surface area contributed by atoms with Gasteiger partial charge in [-0.15, -0.1) is 0 Å². The Labute approximate surface area is 158 Å². The van der Waals surface area contributed by atoms with Crippen molar-refractivity contribution in [1.29, 1.82) is 0 Å². The van der Waals surface area contributed by atoms with Gasteiger partial charge in [0.1, 0.15) is 22.5 Å². The lowest BCUT2D eigenvalue weighted by molar-refractivity contribution is -0.146. The number of halogens is 4. The highest BCUT2D eigenvalue weighted by Gasteiger charge is 2.38. The summed E-state index contributed by atoms with van der Waals surface area (Å²) in [7, 11) is 1.05. The van der Waals surface area contributed by atoms with Crippen LogP contribution in [0.5, 0.6) is 0 Å². The third-order valence-electron chi connectivity index (χ3n) is 3.96. The maximum atomic E-state index is 14.4. The molecule has 11 heteroatoms. The Balaban J connectivity index is 0.000000755. The van der Waals surface area contributed by atoms with Crippen LogP contribution >= 0.6 is 0 Å². The van der Waals surface area contributed by atoms with Crippen LogP contribution in [0.2, 0.25) is 0 Å². The second kappa shape index (κ2) is 7.34. The Morgan fingerprint density at radius 2 is 1.93 bits per heavy atom. The summed E-state index contributed by atoms with van der Waals surface area (Å²) >= 11 is 0. The van der Waals surface area contributed by atoms with Gasteiger partial charge in [-0.05, 0) is 18.2 Å². The van der Waals surface area contributed by atoms with Gasteiger partial charge in [0.2, 0.25) is 5.82 Å². The number of imidazole rings is 1. The van der Waals surface area contributed by atoms with E-state index < -0.39 is 28.8 Å². The predicted molar refractivity (Wildman–Crippen MR) is 93.6 cm³/mol. The lowest BCUT2D eigenvalue weighted by Gasteiger charge is -2.06. The molecule has 0 spiro atoms. The predicted octanol–water partition coefficient (Wildman–Crippen LogP) is 3.60. The molecule has 0 unspecified atom stereocenters. The van der Waals surface area contributed by atoms with Crippen molar-refractivity contribution >= 4 is 28.5 Å². The Hall–Kier alpha value is -3.76. The van der Waals surface area contributed by atoms with E-state index >= 15 is 0 Å². The lowest BCUT2D eigenvalue weighted by Crippen LogP contribution is -2.12. The molecule has 0 atom stereocenters. The van der Waals surface area contributed by atoms with Gasteiger partial charge in [-0.25, -0.2) is 9.37 Å². The van der Waals surface area contributed by atoms with Crippen LogP contribution in [0.25, 0.3) is 33.5 Å². The van der Waals surface area contributed by atoms with E-state index in [1.54, 1.807) is 18.2 Å². The summed E-state index contributed by atoms with van der Waals surface area (Å²) in [4.78, 5) is 28.2. The third kappa shape index (κ3) is 3.53. The SMILES string of the molecule is Cn1c(C(F)(F)F)nc2c3oc(-c4ccccn4)cc(=O)c3cc(F)c21.O=CO. The minimum absolute atomic E-state index is 0.0511. The van der Waals surface area contributed by atoms with Gasteiger partial charge in [0, 0.05) is 19.3 Å². The standard InChI is InChI=1S/C17H9F4N3O2.CH2O2/c1-24-14-9(18)6-8-11(25)7-12(10-4-2-3-5-22-10)26-15(8)13(14)23-16(24)17(19,20)21;2-1-3/h2-7H,1H3;1H,(H,2,3). The van der Waals surface area contributed by atoms with Crippen LogP contribution < -0.4 is 5.43 Å². The highest BCUT2D eigenvalue weighted by atomic mass is 19.4. The van der Waals surface area contributed by atoms with Crippen molar-refractivity contribution in [3.8, 4) is 11.5 Å². The van der Waals surface area contributed by atoms with Gasteiger partial charge in [0.15, 0.2) is 16.8 Å². The van der Waals surface area contributed by atoms with E-state index in [0.717, 1.165) is 19.2 Å². The number of carboxylic acid groups (broad SMARTS) is 1. The Morgan fingerprint density at radius 1 is 1.24 bits per heavy atom. The lowest BCUT2D eigenvalue weighted by atomic mass is 10.1. The molecule has 4 rings (SSSR count). The average molecular weight is 409 g/mol. The van der Waals surface area contributed by atoms with Gasteiger partial charge in [-0.1, -0.05) is 6.07 Å². The monoisotopic (exact) mass is 409 g/mol. The number of hydrogen-bond donors (Lipinski definition) is 1. The molecule has 1 N–H and O–H groups in total. The molecule has 0 bridgehead atoms. The van der Waals surface area contributed by atoms with E-state index in [9.17, 15) is 22.4 Å². The van der Waals surface area contributed by atoms with Crippen LogP contribution in [0.3, 0.4) is 0 Å². The number of nitrogens with zero attached hydrogens (tertiary/aromatic N) is 3. The molecule has 4 aromatic rings. The van der Waals surface area contributed by atoms with Gasteiger partial charge < -0.3 is 14.1 Å². The normalized spacial score (nSPS) is 11.3. The Kier molecular flexibility index (Phi) is 5.06. The Morgan fingerprint density at radius 3 is 2.52 bits per heavy atom. The van der Waals surface area contributed by atoms with Gasteiger partial charge in [-0.2, -0.15) is 13.2 Å². The van der Waals surface area contributed by atoms with Crippen LogP contribution in [0.4, 0.5) is 17.6 Å². The zero-order valence-electron chi connectivity index (χ0n) is 14.6. The fourth-order valence-corrected chi connectivity index (χ4v) is 2.83. The minimum Gasteiger partial charge on any atom is -0.483 e. The summed E-state index contributed by atoms with van der Waals surface area (Å²) in [6.45, 7) is -0.250. The van der Waals surface area contributed by atoms with Gasteiger partial charge >= 0.3 is 6.18 Å². The summed E-state index contributed by atoms with van der Waals surface area (Å²) in [5.41, 5.74) is -1.28. The molecule has 0 aliphatic heterocycles. The summed E-state index contributed by atoms with van der Waals surface area (Å²) in [5, 5.41) is 6.70. The summed E-state index contributed by atoms with van der Waals surface area (Å²) in [6.07, 6.45) is -3.31. The quantitative estimate of drug-likeness (QED) is 0.381. The fraction of sp³-hybridized carbons (Fsp3) is 0.111. The molecule has 0 amide bonds. The van der Waals surface area contributed by atoms with Crippen LogP contribution in [0.1, 0.15) is 5.82 Å². The van der Waals surface area contributed by atoms with E-state index in [4.69, 9.17) is 14.3 Å². The van der Waals surface area contributed by atoms with E-state index in [1.807, 2.05) is 0 Å². The average Bonchev–Trinajstić information content (AvgIpc) is 3.03.